The first-order valence-electron chi connectivity index (χ1n) is 18.0. The molecule has 0 spiro atoms. The van der Waals surface area contributed by atoms with Crippen molar-refractivity contribution in [3.8, 4) is 23.2 Å². The van der Waals surface area contributed by atoms with Crippen molar-refractivity contribution in [3.05, 3.63) is 52.7 Å². The molecule has 2 saturated heterocycles. The number of carbonyl (C=O) groups is 1. The van der Waals surface area contributed by atoms with E-state index in [1.165, 1.54) is 13.0 Å². The molecule has 0 bridgehead atoms. The van der Waals surface area contributed by atoms with Crippen molar-refractivity contribution in [1.82, 2.24) is 14.9 Å². The van der Waals surface area contributed by atoms with E-state index in [-0.39, 0.29) is 63.0 Å². The maximum absolute atomic E-state index is 17.4. The molecule has 0 saturated carbocycles. The van der Waals surface area contributed by atoms with Crippen LogP contribution >= 0.6 is 11.3 Å². The second-order valence-electron chi connectivity index (χ2n) is 14.6. The number of ketones is 1. The van der Waals surface area contributed by atoms with Gasteiger partial charge in [-0.15, -0.1) is 11.3 Å². The number of allylic oxidation sites excluding steroid dienone is 1. The van der Waals surface area contributed by atoms with Gasteiger partial charge in [-0.25, -0.2) is 8.78 Å². The lowest BCUT2D eigenvalue weighted by Crippen LogP contribution is -2.43. The van der Waals surface area contributed by atoms with E-state index in [4.69, 9.17) is 25.4 Å². The molecule has 3 aliphatic rings. The number of nitriles is 1. The number of hydrogen-bond donors (Lipinski definition) is 2. The molecule has 3 aliphatic heterocycles. The number of nitrogens with two attached hydrogens (primary N) is 1. The number of aromatic nitrogens is 2. The van der Waals surface area contributed by atoms with E-state index in [9.17, 15) is 10.1 Å². The van der Waals surface area contributed by atoms with Crippen LogP contribution in [0.4, 0.5) is 19.6 Å². The van der Waals surface area contributed by atoms with Gasteiger partial charge in [0.15, 0.2) is 11.6 Å². The van der Waals surface area contributed by atoms with Gasteiger partial charge in [0, 0.05) is 41.9 Å². The predicted octanol–water partition coefficient (Wildman–Crippen LogP) is 7.27. The standard InChI is InChI=1S/C39H44F2N8O2S/c1-21(2)45-37-28(18-42)32-26(8-9-29(40)35(32)52-37)31-22(3)16-27-34(33(31)41)46-38(51-20-39-11-6-14-48(39)15-7-12-39)47-36(27)49-19-25(17-30(43)24(5)50)44-13-10-23(49)4/h8-9,16-17,21,23,45H,6-7,10-15,19-20,43H2,1-5H3/b30-17-. The van der Waals surface area contributed by atoms with Crippen molar-refractivity contribution in [2.24, 2.45) is 10.7 Å². The average Bonchev–Trinajstić information content (AvgIpc) is 3.76. The van der Waals surface area contributed by atoms with E-state index in [1.807, 2.05) is 24.8 Å². The molecule has 2 aromatic heterocycles. The predicted molar refractivity (Wildman–Crippen MR) is 203 cm³/mol. The summed E-state index contributed by atoms with van der Waals surface area (Å²) in [6.45, 7) is 12.4. The molecule has 1 atom stereocenters. The van der Waals surface area contributed by atoms with E-state index >= 15 is 8.78 Å². The number of thiophene rings is 1. The van der Waals surface area contributed by atoms with E-state index in [0.29, 0.717) is 58.0 Å². The minimum atomic E-state index is -0.608. The Kier molecular flexibility index (Phi) is 9.65. The van der Waals surface area contributed by atoms with Crippen LogP contribution in [0.1, 0.15) is 70.9 Å². The molecule has 272 valence electrons. The minimum absolute atomic E-state index is 0.000717. The number of carbonyl (C=O) groups excluding carboxylic acids is 1. The molecular formula is C39H44F2N8O2S. The maximum atomic E-state index is 17.4. The highest BCUT2D eigenvalue weighted by Gasteiger charge is 2.45. The quantitative estimate of drug-likeness (QED) is 0.171. The third-order valence-corrected chi connectivity index (χ3v) is 11.8. The van der Waals surface area contributed by atoms with Crippen molar-refractivity contribution in [2.75, 3.05) is 43.0 Å². The summed E-state index contributed by atoms with van der Waals surface area (Å²) in [6, 6.07) is 6.98. The van der Waals surface area contributed by atoms with Gasteiger partial charge in [0.1, 0.15) is 34.8 Å². The van der Waals surface area contributed by atoms with Gasteiger partial charge in [0.2, 0.25) is 0 Å². The number of aliphatic imine (C=N–C) groups is 1. The second-order valence-corrected chi connectivity index (χ2v) is 15.6. The van der Waals surface area contributed by atoms with Crippen LogP contribution in [0.2, 0.25) is 0 Å². The Bertz CT molecular complexity index is 2180. The molecule has 0 radical (unpaired) electrons. The number of ether oxygens (including phenoxy) is 1. The molecule has 7 rings (SSSR count). The van der Waals surface area contributed by atoms with Crippen LogP contribution in [-0.2, 0) is 4.79 Å². The van der Waals surface area contributed by atoms with Crippen molar-refractivity contribution < 1.29 is 18.3 Å². The largest absolute Gasteiger partial charge is 0.461 e. The molecule has 2 fully saturated rings. The zero-order valence-electron chi connectivity index (χ0n) is 30.3. The number of fused-ring (bicyclic) bond motifs is 3. The highest BCUT2D eigenvalue weighted by Crippen LogP contribution is 2.46. The highest BCUT2D eigenvalue weighted by molar-refractivity contribution is 7.23. The second kappa shape index (κ2) is 14.0. The minimum Gasteiger partial charge on any atom is -0.461 e. The van der Waals surface area contributed by atoms with Gasteiger partial charge in [0.05, 0.1) is 33.8 Å². The van der Waals surface area contributed by atoms with Crippen molar-refractivity contribution >= 4 is 54.6 Å². The summed E-state index contributed by atoms with van der Waals surface area (Å²) >= 11 is 1.15. The molecule has 13 heteroatoms. The van der Waals surface area contributed by atoms with Crippen LogP contribution in [0, 0.1) is 29.9 Å². The zero-order chi connectivity index (χ0) is 36.9. The Hall–Kier alpha value is -4.67. The number of benzene rings is 2. The first-order chi connectivity index (χ1) is 24.9. The van der Waals surface area contributed by atoms with Crippen molar-refractivity contribution in [1.29, 1.82) is 5.26 Å². The third kappa shape index (κ3) is 6.36. The van der Waals surface area contributed by atoms with Gasteiger partial charge in [-0.1, -0.05) is 6.07 Å². The molecule has 0 aliphatic carbocycles. The fourth-order valence-electron chi connectivity index (χ4n) is 8.03. The van der Waals surface area contributed by atoms with Gasteiger partial charge >= 0.3 is 6.01 Å². The van der Waals surface area contributed by atoms with Gasteiger partial charge in [0.25, 0.3) is 0 Å². The summed E-state index contributed by atoms with van der Waals surface area (Å²) in [5, 5.41) is 14.9. The van der Waals surface area contributed by atoms with Crippen LogP contribution in [0.3, 0.4) is 0 Å². The van der Waals surface area contributed by atoms with E-state index < -0.39 is 11.6 Å². The summed E-state index contributed by atoms with van der Waals surface area (Å²) in [6.07, 6.45) is 6.53. The third-order valence-electron chi connectivity index (χ3n) is 10.7. The molecule has 52 heavy (non-hydrogen) atoms. The maximum Gasteiger partial charge on any atom is 0.319 e. The Labute approximate surface area is 306 Å². The number of halogens is 2. The zero-order valence-corrected chi connectivity index (χ0v) is 31.1. The topological polar surface area (TPSA) is 133 Å². The number of aryl methyl sites for hydroxylation is 1. The highest BCUT2D eigenvalue weighted by atomic mass is 32.1. The number of nitrogens with one attached hydrogen (secondary N) is 1. The van der Waals surface area contributed by atoms with E-state index in [0.717, 1.165) is 50.1 Å². The van der Waals surface area contributed by atoms with Crippen LogP contribution < -0.4 is 20.7 Å². The molecule has 10 nitrogen and oxygen atoms in total. The first kappa shape index (κ1) is 35.7. The van der Waals surface area contributed by atoms with Crippen LogP contribution in [0.15, 0.2) is 35.0 Å². The molecule has 3 N–H and O–H groups in total. The smallest absolute Gasteiger partial charge is 0.319 e. The Morgan fingerprint density at radius 2 is 2.00 bits per heavy atom. The van der Waals surface area contributed by atoms with Gasteiger partial charge in [-0.3, -0.25) is 14.7 Å². The Morgan fingerprint density at radius 3 is 2.69 bits per heavy atom. The molecule has 5 heterocycles. The van der Waals surface area contributed by atoms with Crippen LogP contribution in [0.25, 0.3) is 32.1 Å². The fourth-order valence-corrected chi connectivity index (χ4v) is 9.26. The Balaban J connectivity index is 1.42. The van der Waals surface area contributed by atoms with Crippen LogP contribution in [-0.4, -0.2) is 76.8 Å². The van der Waals surface area contributed by atoms with Gasteiger partial charge in [-0.05, 0) is 102 Å². The molecule has 0 amide bonds. The summed E-state index contributed by atoms with van der Waals surface area (Å²) in [4.78, 5) is 31.0. The number of Topliss-reactive ketones (excluding diaryl/α,β-unsaturated/α-hetero) is 1. The van der Waals surface area contributed by atoms with E-state index in [1.54, 1.807) is 19.1 Å². The lowest BCUT2D eigenvalue weighted by molar-refractivity contribution is -0.113. The van der Waals surface area contributed by atoms with E-state index in [2.05, 4.69) is 23.2 Å². The fraction of sp³-hybridized carbons (Fsp3) is 0.462. The van der Waals surface area contributed by atoms with Crippen molar-refractivity contribution in [2.45, 2.75) is 84.3 Å². The average molecular weight is 727 g/mol. The summed E-state index contributed by atoms with van der Waals surface area (Å²) in [5.74, 6) is -0.850. The SMILES string of the molecule is CC(=O)/C(N)=C/C1=NCCC(C)N(c2nc(OCC34CCCN3CCC4)nc3c(F)c(-c4ccc(F)c5sc(NC(C)C)c(C#N)c45)c(C)cc23)C1. The monoisotopic (exact) mass is 726 g/mol. The summed E-state index contributed by atoms with van der Waals surface area (Å²) < 4.78 is 39.5. The molecular weight excluding hydrogens is 683 g/mol. The van der Waals surface area contributed by atoms with Crippen molar-refractivity contribution in [3.63, 3.8) is 0 Å². The number of rotatable bonds is 9. The van der Waals surface area contributed by atoms with Crippen LogP contribution in [0.5, 0.6) is 6.01 Å². The first-order valence-corrected chi connectivity index (χ1v) is 18.8. The molecule has 4 aromatic rings. The Morgan fingerprint density at radius 1 is 1.25 bits per heavy atom. The number of anilines is 2. The van der Waals surface area contributed by atoms with Gasteiger partial charge < -0.3 is 20.7 Å². The van der Waals surface area contributed by atoms with Gasteiger partial charge in [-0.2, -0.15) is 15.2 Å². The summed E-state index contributed by atoms with van der Waals surface area (Å²) in [5.41, 5.74) is 8.24. The molecule has 2 aromatic carbocycles. The number of hydrogen-bond acceptors (Lipinski definition) is 11. The lowest BCUT2D eigenvalue weighted by atomic mass is 9.93. The lowest BCUT2D eigenvalue weighted by Gasteiger charge is -2.32. The number of nitrogens with zero attached hydrogens (tertiary/aromatic N) is 6. The molecule has 1 unspecified atom stereocenters. The summed E-state index contributed by atoms with van der Waals surface area (Å²) in [7, 11) is 0. The normalized spacial score (nSPS) is 19.2.